The molecule has 3 fully saturated rings. The zero-order valence-electron chi connectivity index (χ0n) is 11.8. The summed E-state index contributed by atoms with van der Waals surface area (Å²) in [6.45, 7) is 3.22. The number of amides is 1. The molecule has 3 aliphatic rings. The average molecular weight is 287 g/mol. The van der Waals surface area contributed by atoms with Gasteiger partial charge in [0.1, 0.15) is 0 Å². The number of nitrogens with one attached hydrogen (secondary N) is 1. The Hall–Kier alpha value is -0.280. The van der Waals surface area contributed by atoms with E-state index in [1.807, 2.05) is 0 Å². The molecule has 0 aromatic carbocycles. The summed E-state index contributed by atoms with van der Waals surface area (Å²) in [6.07, 6.45) is 9.93. The van der Waals surface area contributed by atoms with Crippen LogP contribution < -0.4 is 5.32 Å². The van der Waals surface area contributed by atoms with Crippen molar-refractivity contribution in [2.45, 2.75) is 57.4 Å². The van der Waals surface area contributed by atoms with Gasteiger partial charge in [-0.05, 0) is 51.0 Å². The van der Waals surface area contributed by atoms with E-state index in [0.29, 0.717) is 11.8 Å². The van der Waals surface area contributed by atoms with Crippen molar-refractivity contribution in [1.29, 1.82) is 0 Å². The monoisotopic (exact) mass is 286 g/mol. The van der Waals surface area contributed by atoms with Crippen LogP contribution in [0.5, 0.6) is 0 Å². The molecule has 3 rings (SSSR count). The Morgan fingerprint density at radius 2 is 1.63 bits per heavy atom. The van der Waals surface area contributed by atoms with Crippen molar-refractivity contribution >= 4 is 18.3 Å². The van der Waals surface area contributed by atoms with Crippen LogP contribution in [0.4, 0.5) is 0 Å². The van der Waals surface area contributed by atoms with Gasteiger partial charge in [-0.3, -0.25) is 4.79 Å². The van der Waals surface area contributed by atoms with E-state index in [1.54, 1.807) is 0 Å². The predicted molar refractivity (Wildman–Crippen MR) is 79.5 cm³/mol. The van der Waals surface area contributed by atoms with Crippen LogP contribution in [0.15, 0.2) is 0 Å². The number of carbonyl (C=O) groups excluding carboxylic acids is 1. The standard InChI is InChI=1S/C15H26N2O.ClH/c18-15(13-4-1-2-5-13)17-10-7-12(8-11-17)14-6-3-9-16-14;/h12-14,16H,1-11H2;1H. The Labute approximate surface area is 122 Å². The summed E-state index contributed by atoms with van der Waals surface area (Å²) in [6, 6.07) is 0.744. The van der Waals surface area contributed by atoms with Gasteiger partial charge >= 0.3 is 0 Å². The second-order valence-corrected chi connectivity index (χ2v) is 6.35. The lowest BCUT2D eigenvalue weighted by Gasteiger charge is -2.36. The molecular formula is C15H27ClN2O. The molecule has 1 aliphatic carbocycles. The first-order valence-electron chi connectivity index (χ1n) is 7.87. The van der Waals surface area contributed by atoms with Crippen molar-refractivity contribution in [3.8, 4) is 0 Å². The molecule has 0 spiro atoms. The molecule has 1 N–H and O–H groups in total. The highest BCUT2D eigenvalue weighted by molar-refractivity contribution is 5.85. The van der Waals surface area contributed by atoms with Crippen LogP contribution in [0.2, 0.25) is 0 Å². The lowest BCUT2D eigenvalue weighted by Crippen LogP contribution is -2.45. The van der Waals surface area contributed by atoms with Crippen LogP contribution >= 0.6 is 12.4 Å². The van der Waals surface area contributed by atoms with Crippen LogP contribution in [0.3, 0.4) is 0 Å². The minimum absolute atomic E-state index is 0. The topological polar surface area (TPSA) is 32.3 Å². The smallest absolute Gasteiger partial charge is 0.225 e. The molecule has 0 radical (unpaired) electrons. The van der Waals surface area contributed by atoms with E-state index in [2.05, 4.69) is 10.2 Å². The second-order valence-electron chi connectivity index (χ2n) is 6.35. The maximum absolute atomic E-state index is 12.3. The van der Waals surface area contributed by atoms with Crippen molar-refractivity contribution in [1.82, 2.24) is 10.2 Å². The number of hydrogen-bond acceptors (Lipinski definition) is 2. The number of halogens is 1. The van der Waals surface area contributed by atoms with Crippen LogP contribution in [-0.4, -0.2) is 36.5 Å². The summed E-state index contributed by atoms with van der Waals surface area (Å²) in [5, 5.41) is 3.62. The van der Waals surface area contributed by atoms with Crippen molar-refractivity contribution in [3.63, 3.8) is 0 Å². The molecule has 0 bridgehead atoms. The molecule has 2 aliphatic heterocycles. The van der Waals surface area contributed by atoms with Gasteiger partial charge in [-0.25, -0.2) is 0 Å². The van der Waals surface area contributed by atoms with E-state index in [-0.39, 0.29) is 12.4 Å². The molecule has 19 heavy (non-hydrogen) atoms. The fourth-order valence-corrected chi connectivity index (χ4v) is 4.07. The SMILES string of the molecule is Cl.O=C(C1CCCC1)N1CCC(C2CCCN2)CC1. The number of rotatable bonds is 2. The van der Waals surface area contributed by atoms with Crippen molar-refractivity contribution in [3.05, 3.63) is 0 Å². The molecule has 1 unspecified atom stereocenters. The fraction of sp³-hybridized carbons (Fsp3) is 0.933. The zero-order chi connectivity index (χ0) is 12.4. The predicted octanol–water partition coefficient (Wildman–Crippen LogP) is 2.59. The Morgan fingerprint density at radius 1 is 0.947 bits per heavy atom. The third-order valence-electron chi connectivity index (χ3n) is 5.22. The Morgan fingerprint density at radius 3 is 2.21 bits per heavy atom. The molecule has 2 heterocycles. The normalized spacial score (nSPS) is 29.5. The fourth-order valence-electron chi connectivity index (χ4n) is 4.07. The van der Waals surface area contributed by atoms with Crippen molar-refractivity contribution < 1.29 is 4.79 Å². The van der Waals surface area contributed by atoms with Gasteiger partial charge in [0, 0.05) is 25.0 Å². The highest BCUT2D eigenvalue weighted by Gasteiger charge is 2.32. The number of piperidine rings is 1. The van der Waals surface area contributed by atoms with Gasteiger partial charge in [0.15, 0.2) is 0 Å². The van der Waals surface area contributed by atoms with E-state index in [1.165, 1.54) is 45.1 Å². The van der Waals surface area contributed by atoms with Gasteiger partial charge < -0.3 is 10.2 Å². The van der Waals surface area contributed by atoms with Gasteiger partial charge in [-0.2, -0.15) is 0 Å². The highest BCUT2D eigenvalue weighted by atomic mass is 35.5. The molecule has 1 saturated carbocycles. The van der Waals surface area contributed by atoms with E-state index in [9.17, 15) is 4.79 Å². The van der Waals surface area contributed by atoms with E-state index in [0.717, 1.165) is 37.9 Å². The Bertz CT molecular complexity index is 291. The summed E-state index contributed by atoms with van der Waals surface area (Å²) >= 11 is 0. The highest BCUT2D eigenvalue weighted by Crippen LogP contribution is 2.30. The minimum Gasteiger partial charge on any atom is -0.342 e. The summed E-state index contributed by atoms with van der Waals surface area (Å²) in [4.78, 5) is 14.5. The number of likely N-dealkylation sites (tertiary alicyclic amines) is 1. The molecule has 1 atom stereocenters. The zero-order valence-corrected chi connectivity index (χ0v) is 12.6. The van der Waals surface area contributed by atoms with Gasteiger partial charge in [0.2, 0.25) is 5.91 Å². The van der Waals surface area contributed by atoms with Gasteiger partial charge in [0.25, 0.3) is 0 Å². The number of nitrogens with zero attached hydrogens (tertiary/aromatic N) is 1. The molecule has 3 nitrogen and oxygen atoms in total. The maximum atomic E-state index is 12.3. The molecule has 2 saturated heterocycles. The Kier molecular flexibility index (Phi) is 5.52. The summed E-state index contributed by atoms with van der Waals surface area (Å²) in [5.74, 6) is 1.65. The maximum Gasteiger partial charge on any atom is 0.225 e. The lowest BCUT2D eigenvalue weighted by atomic mass is 9.88. The quantitative estimate of drug-likeness (QED) is 0.846. The molecule has 4 heteroatoms. The van der Waals surface area contributed by atoms with Crippen molar-refractivity contribution in [2.24, 2.45) is 11.8 Å². The lowest BCUT2D eigenvalue weighted by molar-refractivity contribution is -0.136. The third-order valence-corrected chi connectivity index (χ3v) is 5.22. The van der Waals surface area contributed by atoms with Gasteiger partial charge in [-0.1, -0.05) is 12.8 Å². The summed E-state index contributed by atoms with van der Waals surface area (Å²) < 4.78 is 0. The van der Waals surface area contributed by atoms with E-state index < -0.39 is 0 Å². The average Bonchev–Trinajstić information content (AvgIpc) is 3.11. The van der Waals surface area contributed by atoms with Crippen molar-refractivity contribution in [2.75, 3.05) is 19.6 Å². The van der Waals surface area contributed by atoms with Crippen LogP contribution in [0, 0.1) is 11.8 Å². The van der Waals surface area contributed by atoms with Gasteiger partial charge in [0.05, 0.1) is 0 Å². The Balaban J connectivity index is 0.00000133. The van der Waals surface area contributed by atoms with Gasteiger partial charge in [-0.15, -0.1) is 12.4 Å². The van der Waals surface area contributed by atoms with E-state index in [4.69, 9.17) is 0 Å². The minimum atomic E-state index is 0. The molecule has 110 valence electrons. The molecular weight excluding hydrogens is 260 g/mol. The molecule has 0 aromatic heterocycles. The first-order valence-corrected chi connectivity index (χ1v) is 7.87. The van der Waals surface area contributed by atoms with Crippen LogP contribution in [0.1, 0.15) is 51.4 Å². The van der Waals surface area contributed by atoms with Crippen LogP contribution in [0.25, 0.3) is 0 Å². The van der Waals surface area contributed by atoms with E-state index >= 15 is 0 Å². The second kappa shape index (κ2) is 6.94. The number of hydrogen-bond donors (Lipinski definition) is 1. The summed E-state index contributed by atoms with van der Waals surface area (Å²) in [5.41, 5.74) is 0. The first-order chi connectivity index (χ1) is 8.84. The summed E-state index contributed by atoms with van der Waals surface area (Å²) in [7, 11) is 0. The van der Waals surface area contributed by atoms with Crippen LogP contribution in [-0.2, 0) is 4.79 Å². The molecule has 0 aromatic rings. The molecule has 1 amide bonds. The largest absolute Gasteiger partial charge is 0.342 e. The number of carbonyl (C=O) groups is 1. The third kappa shape index (κ3) is 3.43. The first kappa shape index (κ1) is 15.1.